The van der Waals surface area contributed by atoms with Gasteiger partial charge in [-0.1, -0.05) is 6.07 Å². The third-order valence-electron chi connectivity index (χ3n) is 2.05. The van der Waals surface area contributed by atoms with E-state index in [0.29, 0.717) is 0 Å². The monoisotopic (exact) mass is 274 g/mol. The first-order valence-electron chi connectivity index (χ1n) is 5.53. The summed E-state index contributed by atoms with van der Waals surface area (Å²) >= 11 is 0. The van der Waals surface area contributed by atoms with Crippen LogP contribution in [0.4, 0.5) is 13.2 Å². The Bertz CT molecular complexity index is 478. The van der Waals surface area contributed by atoms with Crippen molar-refractivity contribution in [1.82, 2.24) is 0 Å². The number of allylic oxidation sites excluding steroid dienone is 1. The fourth-order valence-corrected chi connectivity index (χ4v) is 1.30. The Balaban J connectivity index is 2.80. The van der Waals surface area contributed by atoms with E-state index in [0.717, 1.165) is 18.2 Å². The molecule has 0 aliphatic rings. The predicted octanol–water partition coefficient (Wildman–Crippen LogP) is 3.55. The molecule has 6 heteroatoms. The van der Waals surface area contributed by atoms with Crippen molar-refractivity contribution in [3.8, 4) is 5.75 Å². The van der Waals surface area contributed by atoms with Crippen molar-refractivity contribution in [2.75, 3.05) is 6.61 Å². The number of esters is 1. The summed E-state index contributed by atoms with van der Waals surface area (Å²) in [5, 5.41) is 0. The lowest BCUT2D eigenvalue weighted by molar-refractivity contribution is -0.138. The van der Waals surface area contributed by atoms with Crippen molar-refractivity contribution in [3.05, 3.63) is 41.7 Å². The Labute approximate surface area is 108 Å². The maximum atomic E-state index is 12.5. The minimum absolute atomic E-state index is 0.00729. The maximum absolute atomic E-state index is 12.5. The van der Waals surface area contributed by atoms with Gasteiger partial charge in [-0.2, -0.15) is 13.2 Å². The summed E-state index contributed by atoms with van der Waals surface area (Å²) < 4.78 is 47.2. The molecule has 0 spiro atoms. The number of hydrogen-bond acceptors (Lipinski definition) is 3. The highest BCUT2D eigenvalue weighted by atomic mass is 19.4. The molecular formula is C13H13F3O3. The van der Waals surface area contributed by atoms with E-state index in [1.807, 2.05) is 0 Å². The average molecular weight is 274 g/mol. The van der Waals surface area contributed by atoms with Gasteiger partial charge in [0.2, 0.25) is 0 Å². The zero-order chi connectivity index (χ0) is 14.5. The van der Waals surface area contributed by atoms with Gasteiger partial charge in [-0.15, -0.1) is 0 Å². The standard InChI is InChI=1S/C13H13F3O3/c1-3-18-12(17)7-9(2)19-11-6-4-5-10(8-11)13(14,15)16/h4-8H,3H2,1-2H3. The molecule has 0 saturated heterocycles. The van der Waals surface area contributed by atoms with Crippen LogP contribution in [0.3, 0.4) is 0 Å². The number of rotatable bonds is 4. The van der Waals surface area contributed by atoms with Crippen LogP contribution >= 0.6 is 0 Å². The Morgan fingerprint density at radius 1 is 1.37 bits per heavy atom. The minimum atomic E-state index is -4.43. The van der Waals surface area contributed by atoms with E-state index >= 15 is 0 Å². The molecular weight excluding hydrogens is 261 g/mol. The number of alkyl halides is 3. The van der Waals surface area contributed by atoms with E-state index < -0.39 is 17.7 Å². The number of ether oxygens (including phenoxy) is 2. The summed E-state index contributed by atoms with van der Waals surface area (Å²) in [7, 11) is 0. The van der Waals surface area contributed by atoms with Gasteiger partial charge in [0.25, 0.3) is 0 Å². The number of halogens is 3. The van der Waals surface area contributed by atoms with Crippen LogP contribution in [-0.2, 0) is 15.7 Å². The zero-order valence-corrected chi connectivity index (χ0v) is 10.5. The molecule has 104 valence electrons. The van der Waals surface area contributed by atoms with Crippen LogP contribution in [0, 0.1) is 0 Å². The molecule has 0 aromatic heterocycles. The summed E-state index contributed by atoms with van der Waals surface area (Å²) in [6.45, 7) is 3.32. The fraction of sp³-hybridized carbons (Fsp3) is 0.308. The molecule has 19 heavy (non-hydrogen) atoms. The van der Waals surface area contributed by atoms with Crippen molar-refractivity contribution in [3.63, 3.8) is 0 Å². The van der Waals surface area contributed by atoms with Crippen molar-refractivity contribution >= 4 is 5.97 Å². The van der Waals surface area contributed by atoms with Crippen molar-refractivity contribution in [2.24, 2.45) is 0 Å². The van der Waals surface area contributed by atoms with Crippen LogP contribution in [0.5, 0.6) is 5.75 Å². The molecule has 0 heterocycles. The average Bonchev–Trinajstić information content (AvgIpc) is 2.28. The number of carbonyl (C=O) groups excluding carboxylic acids is 1. The molecule has 0 amide bonds. The van der Waals surface area contributed by atoms with Gasteiger partial charge in [0, 0.05) is 0 Å². The summed E-state index contributed by atoms with van der Waals surface area (Å²) in [5.74, 6) is -0.447. The van der Waals surface area contributed by atoms with Crippen LogP contribution in [0.1, 0.15) is 19.4 Å². The third kappa shape index (κ3) is 5.03. The van der Waals surface area contributed by atoms with E-state index in [2.05, 4.69) is 4.74 Å². The van der Waals surface area contributed by atoms with Crippen LogP contribution < -0.4 is 4.74 Å². The molecule has 1 aromatic carbocycles. The SMILES string of the molecule is CCOC(=O)C=C(C)Oc1cccc(C(F)(F)F)c1. The Morgan fingerprint density at radius 2 is 2.05 bits per heavy atom. The second-order valence-corrected chi connectivity index (χ2v) is 3.63. The van der Waals surface area contributed by atoms with E-state index in [9.17, 15) is 18.0 Å². The normalized spacial score (nSPS) is 12.2. The smallest absolute Gasteiger partial charge is 0.416 e. The highest BCUT2D eigenvalue weighted by Gasteiger charge is 2.30. The summed E-state index contributed by atoms with van der Waals surface area (Å²) in [4.78, 5) is 11.1. The first-order valence-corrected chi connectivity index (χ1v) is 5.53. The second kappa shape index (κ2) is 6.26. The fourth-order valence-electron chi connectivity index (χ4n) is 1.30. The Hall–Kier alpha value is -1.98. The van der Waals surface area contributed by atoms with Crippen LogP contribution in [-0.4, -0.2) is 12.6 Å². The largest absolute Gasteiger partial charge is 0.463 e. The molecule has 0 saturated carbocycles. The van der Waals surface area contributed by atoms with E-state index in [-0.39, 0.29) is 18.1 Å². The van der Waals surface area contributed by atoms with Gasteiger partial charge in [-0.05, 0) is 32.0 Å². The summed E-state index contributed by atoms with van der Waals surface area (Å²) in [5.41, 5.74) is -0.811. The topological polar surface area (TPSA) is 35.5 Å². The van der Waals surface area contributed by atoms with Crippen LogP contribution in [0.25, 0.3) is 0 Å². The number of hydrogen-bond donors (Lipinski definition) is 0. The van der Waals surface area contributed by atoms with E-state index in [1.165, 1.54) is 19.1 Å². The number of carbonyl (C=O) groups is 1. The predicted molar refractivity (Wildman–Crippen MR) is 62.5 cm³/mol. The molecule has 0 aliphatic heterocycles. The molecule has 0 radical (unpaired) electrons. The van der Waals surface area contributed by atoms with E-state index in [1.54, 1.807) is 6.92 Å². The van der Waals surface area contributed by atoms with Crippen LogP contribution in [0.2, 0.25) is 0 Å². The van der Waals surface area contributed by atoms with Gasteiger partial charge < -0.3 is 9.47 Å². The molecule has 3 nitrogen and oxygen atoms in total. The summed E-state index contributed by atoms with van der Waals surface area (Å²) in [6, 6.07) is 4.41. The highest BCUT2D eigenvalue weighted by molar-refractivity contribution is 5.82. The third-order valence-corrected chi connectivity index (χ3v) is 2.05. The van der Waals surface area contributed by atoms with Crippen molar-refractivity contribution in [2.45, 2.75) is 20.0 Å². The lowest BCUT2D eigenvalue weighted by Gasteiger charge is -2.10. The molecule has 0 bridgehead atoms. The van der Waals surface area contributed by atoms with Gasteiger partial charge in [-0.3, -0.25) is 0 Å². The molecule has 0 fully saturated rings. The summed E-state index contributed by atoms with van der Waals surface area (Å²) in [6.07, 6.45) is -3.36. The molecule has 0 atom stereocenters. The lowest BCUT2D eigenvalue weighted by atomic mass is 10.2. The van der Waals surface area contributed by atoms with E-state index in [4.69, 9.17) is 4.74 Å². The second-order valence-electron chi connectivity index (χ2n) is 3.63. The minimum Gasteiger partial charge on any atom is -0.463 e. The highest BCUT2D eigenvalue weighted by Crippen LogP contribution is 2.31. The van der Waals surface area contributed by atoms with Gasteiger partial charge in [-0.25, -0.2) is 4.79 Å². The first-order chi connectivity index (χ1) is 8.82. The molecule has 1 rings (SSSR count). The number of benzene rings is 1. The Morgan fingerprint density at radius 3 is 2.63 bits per heavy atom. The zero-order valence-electron chi connectivity index (χ0n) is 10.5. The Kier molecular flexibility index (Phi) is 4.97. The molecule has 0 unspecified atom stereocenters. The molecule has 1 aromatic rings. The van der Waals surface area contributed by atoms with Gasteiger partial charge >= 0.3 is 12.1 Å². The molecule has 0 aliphatic carbocycles. The van der Waals surface area contributed by atoms with Crippen LogP contribution in [0.15, 0.2) is 36.1 Å². The lowest BCUT2D eigenvalue weighted by Crippen LogP contribution is -2.05. The van der Waals surface area contributed by atoms with Crippen molar-refractivity contribution < 1.29 is 27.4 Å². The first kappa shape index (κ1) is 15.1. The van der Waals surface area contributed by atoms with Crippen molar-refractivity contribution in [1.29, 1.82) is 0 Å². The van der Waals surface area contributed by atoms with Gasteiger partial charge in [0.05, 0.1) is 18.2 Å². The van der Waals surface area contributed by atoms with Gasteiger partial charge in [0.1, 0.15) is 11.5 Å². The maximum Gasteiger partial charge on any atom is 0.416 e. The quantitative estimate of drug-likeness (QED) is 0.478. The molecule has 0 N–H and O–H groups in total. The van der Waals surface area contributed by atoms with Gasteiger partial charge in [0.15, 0.2) is 0 Å².